The van der Waals surface area contributed by atoms with Gasteiger partial charge in [0.1, 0.15) is 0 Å². The van der Waals surface area contributed by atoms with E-state index in [0.29, 0.717) is 0 Å². The van der Waals surface area contributed by atoms with Crippen molar-refractivity contribution in [1.82, 2.24) is 0 Å². The molecule has 0 heterocycles. The van der Waals surface area contributed by atoms with E-state index in [1.54, 1.807) is 41.5 Å². The van der Waals surface area contributed by atoms with Gasteiger partial charge in [-0.25, -0.2) is 0 Å². The summed E-state index contributed by atoms with van der Waals surface area (Å²) in [6, 6.07) is 91.8. The molecule has 0 amide bonds. The summed E-state index contributed by atoms with van der Waals surface area (Å²) in [5.41, 5.74) is 16.4. The van der Waals surface area contributed by atoms with Gasteiger partial charge in [-0.3, -0.25) is 0 Å². The molecule has 0 spiro atoms. The molecule has 141 heavy (non-hydrogen) atoms. The van der Waals surface area contributed by atoms with Gasteiger partial charge >= 0.3 is 21.7 Å². The summed E-state index contributed by atoms with van der Waals surface area (Å²) >= 11 is 0. The Hall–Kier alpha value is -6.90. The van der Waals surface area contributed by atoms with Crippen LogP contribution in [0.2, 0.25) is 0 Å². The van der Waals surface area contributed by atoms with Crippen molar-refractivity contribution in [1.29, 1.82) is 0 Å². The predicted molar refractivity (Wildman–Crippen MR) is 627 cm³/mol. The first-order chi connectivity index (χ1) is 67.8. The van der Waals surface area contributed by atoms with Crippen molar-refractivity contribution >= 4 is 76.7 Å². The first-order valence-corrected chi connectivity index (χ1v) is 63.6. The molecule has 0 aliphatic heterocycles. The van der Waals surface area contributed by atoms with Crippen molar-refractivity contribution in [2.45, 2.75) is 436 Å². The maximum Gasteiger partial charge on any atom is 4.00 e. The average molecular weight is 1990 g/mol. The smallest absolute Gasteiger partial charge is 0.647 e. The van der Waals surface area contributed by atoms with E-state index in [-0.39, 0.29) is 64.5 Å². The van der Waals surface area contributed by atoms with Crippen LogP contribution in [0.4, 0.5) is 0 Å². The maximum atomic E-state index is 6.09. The molecule has 8 aromatic carbocycles. The van der Waals surface area contributed by atoms with Crippen LogP contribution < -0.4 is 41.5 Å². The summed E-state index contributed by atoms with van der Waals surface area (Å²) in [5.74, 6) is 0. The molecule has 752 valence electrons. The topological polar surface area (TPSA) is 56.4 Å². The van der Waals surface area contributed by atoms with Gasteiger partial charge in [0.2, 0.25) is 0 Å². The van der Waals surface area contributed by atoms with E-state index in [2.05, 4.69) is 378 Å². The zero-order valence-electron chi connectivity index (χ0n) is 91.1. The Kier molecular flexibility index (Phi) is 44.2. The minimum atomic E-state index is -1.66. The number of benzene rings is 8. The van der Waals surface area contributed by atoms with Gasteiger partial charge in [0.05, 0.1) is 35.2 Å². The van der Waals surface area contributed by atoms with Crippen molar-refractivity contribution in [2.24, 2.45) is 0 Å². The van der Waals surface area contributed by atoms with Crippen molar-refractivity contribution in [3.05, 3.63) is 355 Å². The number of hydrogen-bond donors (Lipinski definition) is 0. The van der Waals surface area contributed by atoms with Crippen LogP contribution in [0, 0.1) is 0 Å². The Labute approximate surface area is 882 Å². The molecule has 8 aliphatic rings. The van der Waals surface area contributed by atoms with Crippen LogP contribution in [0.1, 0.15) is 393 Å². The molecule has 9 heteroatoms. The molecule has 4 atom stereocenters. The summed E-state index contributed by atoms with van der Waals surface area (Å²) in [4.78, 5) is 0. The summed E-state index contributed by atoms with van der Waals surface area (Å²) in [7, 11) is -6.65. The van der Waals surface area contributed by atoms with Crippen LogP contribution in [0.3, 0.4) is 0 Å². The minimum Gasteiger partial charge on any atom is -0.647 e. The minimum absolute atomic E-state index is 0. The van der Waals surface area contributed by atoms with Gasteiger partial charge in [-0.2, -0.15) is 0 Å². The van der Waals surface area contributed by atoms with Gasteiger partial charge in [-0.15, -0.1) is 20.6 Å². The van der Waals surface area contributed by atoms with Crippen molar-refractivity contribution < 1.29 is 21.7 Å². The van der Waals surface area contributed by atoms with E-state index in [9.17, 15) is 0 Å². The van der Waals surface area contributed by atoms with Crippen LogP contribution >= 0.6 is 0 Å². The van der Waals surface area contributed by atoms with Gasteiger partial charge in [0.15, 0.2) is 0 Å². The Balaban J connectivity index is 0.000000168. The number of rotatable bonds is 20. The molecule has 8 aliphatic carbocycles. The first kappa shape index (κ1) is 113. The summed E-state index contributed by atoms with van der Waals surface area (Å²) in [6.07, 6.45) is 68.8. The van der Waals surface area contributed by atoms with Gasteiger partial charge in [0, 0.05) is 0 Å². The van der Waals surface area contributed by atoms with Crippen molar-refractivity contribution in [2.75, 3.05) is 0 Å². The predicted octanol–water partition coefficient (Wildman–Crippen LogP) is 32.2. The first-order valence-electron chi connectivity index (χ1n) is 56.7. The molecule has 0 aromatic heterocycles. The van der Waals surface area contributed by atoms with E-state index in [4.69, 9.17) is 21.3 Å². The molecule has 4 saturated carbocycles. The molecule has 0 saturated heterocycles. The molecule has 16 rings (SSSR count). The number of allylic oxidation sites excluding steroid dienone is 8. The van der Waals surface area contributed by atoms with E-state index in [0.717, 1.165) is 0 Å². The normalized spacial score (nSPS) is 23.9. The fourth-order valence-electron chi connectivity index (χ4n) is 26.7. The van der Waals surface area contributed by atoms with Crippen LogP contribution in [0.25, 0.3) is 21.3 Å². The summed E-state index contributed by atoms with van der Waals surface area (Å²) in [5, 5.41) is 36.8. The van der Waals surface area contributed by atoms with Crippen molar-refractivity contribution in [3.8, 4) is 0 Å². The molecule has 0 N–H and O–H groups in total. The average Bonchev–Trinajstić information content (AvgIpc) is 1.70. The Bertz CT molecular complexity index is 4490. The van der Waals surface area contributed by atoms with Crippen LogP contribution in [0.15, 0.2) is 334 Å². The third-order valence-electron chi connectivity index (χ3n) is 35.6. The summed E-state index contributed by atoms with van der Waals surface area (Å²) < 4.78 is 0. The van der Waals surface area contributed by atoms with Gasteiger partial charge in [0.25, 0.3) is 0 Å². The summed E-state index contributed by atoms with van der Waals surface area (Å²) in [6.45, 7) is 37.1. The van der Waals surface area contributed by atoms with Crippen LogP contribution in [-0.2, 0) is 21.7 Å². The molecule has 4 fully saturated rings. The van der Waals surface area contributed by atoms with Gasteiger partial charge < -0.3 is 21.3 Å². The largest absolute Gasteiger partial charge is 4.00 e. The second-order valence-electron chi connectivity index (χ2n) is 45.5. The van der Waals surface area contributed by atoms with E-state index >= 15 is 0 Å². The molecule has 0 radical (unpaired) electrons. The van der Waals surface area contributed by atoms with E-state index in [1.807, 2.05) is 0 Å². The second kappa shape index (κ2) is 55.2. The van der Waals surface area contributed by atoms with Gasteiger partial charge in [-0.05, 0) is 83.1 Å². The van der Waals surface area contributed by atoms with E-state index < -0.39 is 35.2 Å². The molecule has 8 aromatic rings. The fourth-order valence-corrected chi connectivity index (χ4v) is 43.6. The molecule has 4 unspecified atom stereocenters. The molecular formula is C132H184N4Si4Ti. The van der Waals surface area contributed by atoms with Gasteiger partial charge in [-0.1, -0.05) is 708 Å². The fraction of sp³-hybridized carbons (Fsp3) is 0.515. The standard InChI is InChI=1S/4C33H46NSi.Ti/c4*1-27-26-32(4,29(3)28(27)2)34-33(24-18-10-8-6-5-7-9-11-19-25-33)35(30-20-14-12-15-21-30)31-22-16-13-17-23-31;/h4*12-17,20-23,26,35H,5-11,18-19,24-25H2,1-4H3;/q4*-1;+4. The Morgan fingerprint density at radius 3 is 0.369 bits per heavy atom. The second-order valence-corrected chi connectivity index (χ2v) is 58.6. The third kappa shape index (κ3) is 29.8. The number of hydrogen-bond acceptors (Lipinski definition) is 0. The Morgan fingerprint density at radius 2 is 0.270 bits per heavy atom. The monoisotopic (exact) mass is 1990 g/mol. The van der Waals surface area contributed by atoms with Crippen molar-refractivity contribution in [3.63, 3.8) is 0 Å². The SMILES string of the molecule is CC1=CC(C)([N-]C2([SiH](c3ccccc3)c3ccccc3)CCCCCCCCCCC2)C(C)=C1C.CC1=CC(C)([N-]C2([SiH](c3ccccc3)c3ccccc3)CCCCCCCCCCC2)C(C)=C1C.CC1=CC(C)([N-]C2([SiH](c3ccccc3)c3ccccc3)CCCCCCCCCCC2)C(C)=C1C.CC1=CC(C)([N-]C2([SiH](c3ccccc3)c3ccccc3)CCCCCCCCCCC2)C(C)=C1C.[Ti+4]. The molecular weight excluding hydrogens is 1800 g/mol. The zero-order valence-corrected chi connectivity index (χ0v) is 97.3. The quantitative estimate of drug-likeness (QED) is 0.0683. The molecule has 0 bridgehead atoms. The maximum absolute atomic E-state index is 6.09. The van der Waals surface area contributed by atoms with Crippen LogP contribution in [-0.4, -0.2) is 78.0 Å². The Morgan fingerprint density at radius 1 is 0.163 bits per heavy atom. The third-order valence-corrected chi connectivity index (χ3v) is 51.1. The van der Waals surface area contributed by atoms with Crippen LogP contribution in [0.5, 0.6) is 0 Å². The molecule has 4 nitrogen and oxygen atoms in total. The number of nitrogens with zero attached hydrogens (tertiary/aromatic N) is 4. The van der Waals surface area contributed by atoms with E-state index in [1.165, 1.54) is 349 Å². The zero-order chi connectivity index (χ0) is 98.9.